The van der Waals surface area contributed by atoms with Gasteiger partial charge < -0.3 is 0 Å². The van der Waals surface area contributed by atoms with E-state index in [9.17, 15) is 17.2 Å². The van der Waals surface area contributed by atoms with E-state index in [0.717, 1.165) is 8.61 Å². The summed E-state index contributed by atoms with van der Waals surface area (Å²) in [6.07, 6.45) is -0.253. The lowest BCUT2D eigenvalue weighted by Gasteiger charge is -2.18. The normalized spacial score (nSPS) is 26.4. The van der Waals surface area contributed by atoms with Crippen molar-refractivity contribution in [3.05, 3.63) is 17.8 Å². The summed E-state index contributed by atoms with van der Waals surface area (Å²) in [7, 11) is -2.40. The predicted molar refractivity (Wildman–Crippen MR) is 66.7 cm³/mol. The van der Waals surface area contributed by atoms with Crippen LogP contribution in [-0.2, 0) is 10.2 Å². The van der Waals surface area contributed by atoms with Gasteiger partial charge in [0.1, 0.15) is 0 Å². The molecule has 1 aliphatic heterocycles. The summed E-state index contributed by atoms with van der Waals surface area (Å²) in [5.74, 6) is -3.35. The van der Waals surface area contributed by atoms with Crippen LogP contribution in [0.1, 0.15) is 12.1 Å². The summed E-state index contributed by atoms with van der Waals surface area (Å²) in [6.45, 7) is 1.55. The van der Waals surface area contributed by atoms with Crippen molar-refractivity contribution in [3.8, 4) is 0 Å². The smallest absolute Gasteiger partial charge is 0.249 e. The Balaban J connectivity index is 2.00. The lowest BCUT2D eigenvalue weighted by Crippen LogP contribution is -2.37. The number of aryl methyl sites for hydroxylation is 1. The van der Waals surface area contributed by atoms with Crippen molar-refractivity contribution in [3.63, 3.8) is 0 Å². The maximum atomic E-state index is 13.0. The molecule has 0 saturated heterocycles. The van der Waals surface area contributed by atoms with Crippen molar-refractivity contribution in [2.45, 2.75) is 19.3 Å². The Hall–Kier alpha value is -1.44. The van der Waals surface area contributed by atoms with Gasteiger partial charge in [0.15, 0.2) is 5.82 Å². The molecule has 0 N–H and O–H groups in total. The molecule has 0 amide bonds. The van der Waals surface area contributed by atoms with Crippen molar-refractivity contribution in [1.82, 2.24) is 4.98 Å². The highest BCUT2D eigenvalue weighted by atomic mass is 32.2. The fraction of sp³-hybridized carbons (Fsp3) is 0.545. The monoisotopic (exact) mass is 289 g/mol. The Morgan fingerprint density at radius 2 is 2.11 bits per heavy atom. The van der Waals surface area contributed by atoms with Crippen LogP contribution in [0.4, 0.5) is 20.3 Å². The Bertz CT molecular complexity index is 647. The maximum absolute atomic E-state index is 13.0. The first-order chi connectivity index (χ1) is 8.73. The molecule has 3 rings (SSSR count). The number of halogens is 2. The van der Waals surface area contributed by atoms with Crippen LogP contribution < -0.4 is 8.61 Å². The number of rotatable bonds is 2. The highest BCUT2D eigenvalue weighted by Gasteiger charge is 2.59. The molecule has 104 valence electrons. The SMILES string of the molecule is Cc1ccc2c(n1)N(C)S(=O)(=O)N2CC1CC1(F)F. The van der Waals surface area contributed by atoms with Crippen molar-refractivity contribution < 1.29 is 17.2 Å². The zero-order chi connectivity index (χ0) is 14.0. The first kappa shape index (κ1) is 12.6. The molecular formula is C11H13F2N3O2S. The van der Waals surface area contributed by atoms with Crippen LogP contribution in [0.3, 0.4) is 0 Å². The fourth-order valence-corrected chi connectivity index (χ4v) is 3.61. The second-order valence-corrected chi connectivity index (χ2v) is 6.85. The number of hydrogen-bond donors (Lipinski definition) is 0. The van der Waals surface area contributed by atoms with E-state index in [2.05, 4.69) is 4.98 Å². The predicted octanol–water partition coefficient (Wildman–Crippen LogP) is 1.55. The van der Waals surface area contributed by atoms with Gasteiger partial charge in [-0.05, 0) is 19.1 Å². The molecule has 1 atom stereocenters. The average Bonchev–Trinajstić information content (AvgIpc) is 2.87. The highest BCUT2D eigenvalue weighted by Crippen LogP contribution is 2.51. The average molecular weight is 289 g/mol. The third-order valence-electron chi connectivity index (χ3n) is 3.53. The number of hydrogen-bond acceptors (Lipinski definition) is 3. The summed E-state index contributed by atoms with van der Waals surface area (Å²) in [5.41, 5.74) is 1.05. The van der Waals surface area contributed by atoms with Crippen molar-refractivity contribution in [2.24, 2.45) is 5.92 Å². The summed E-state index contributed by atoms with van der Waals surface area (Å²) in [6, 6.07) is 3.28. The standard InChI is InChI=1S/C11H13F2N3O2S/c1-7-3-4-9-10(14-7)15(2)19(17,18)16(9)6-8-5-11(8,12)13/h3-4,8H,5-6H2,1-2H3. The highest BCUT2D eigenvalue weighted by molar-refractivity contribution is 7.94. The summed E-state index contributed by atoms with van der Waals surface area (Å²) in [4.78, 5) is 4.16. The van der Waals surface area contributed by atoms with Crippen LogP contribution in [0.15, 0.2) is 12.1 Å². The quantitative estimate of drug-likeness (QED) is 0.830. The Morgan fingerprint density at radius 3 is 2.68 bits per heavy atom. The Kier molecular flexibility index (Phi) is 2.36. The number of nitrogens with zero attached hydrogens (tertiary/aromatic N) is 3. The van der Waals surface area contributed by atoms with Gasteiger partial charge >= 0.3 is 10.2 Å². The van der Waals surface area contributed by atoms with E-state index in [1.54, 1.807) is 19.1 Å². The first-order valence-electron chi connectivity index (χ1n) is 5.85. The molecule has 1 aromatic heterocycles. The molecule has 0 aromatic carbocycles. The van der Waals surface area contributed by atoms with Gasteiger partial charge in [0, 0.05) is 31.6 Å². The lowest BCUT2D eigenvalue weighted by atomic mass is 10.3. The minimum atomic E-state index is -3.78. The molecule has 2 aliphatic rings. The summed E-state index contributed by atoms with van der Waals surface area (Å²) < 4.78 is 52.4. The van der Waals surface area contributed by atoms with Crippen molar-refractivity contribution in [1.29, 1.82) is 0 Å². The van der Waals surface area contributed by atoms with E-state index < -0.39 is 22.0 Å². The molecular weight excluding hydrogens is 276 g/mol. The second-order valence-electron chi connectivity index (χ2n) is 4.96. The van der Waals surface area contributed by atoms with Gasteiger partial charge in [-0.25, -0.2) is 22.4 Å². The van der Waals surface area contributed by atoms with E-state index in [-0.39, 0.29) is 13.0 Å². The molecule has 19 heavy (non-hydrogen) atoms. The Labute approximate surface area is 110 Å². The van der Waals surface area contributed by atoms with E-state index in [0.29, 0.717) is 17.2 Å². The molecule has 1 saturated carbocycles. The van der Waals surface area contributed by atoms with Gasteiger partial charge in [-0.2, -0.15) is 8.42 Å². The molecule has 1 aromatic rings. The lowest BCUT2D eigenvalue weighted by molar-refractivity contribution is 0.101. The van der Waals surface area contributed by atoms with Gasteiger partial charge in [0.25, 0.3) is 5.92 Å². The molecule has 0 spiro atoms. The molecule has 2 heterocycles. The summed E-state index contributed by atoms with van der Waals surface area (Å²) >= 11 is 0. The van der Waals surface area contributed by atoms with Crippen LogP contribution in [0.25, 0.3) is 0 Å². The zero-order valence-corrected chi connectivity index (χ0v) is 11.3. The van der Waals surface area contributed by atoms with Gasteiger partial charge in [-0.3, -0.25) is 0 Å². The number of fused-ring (bicyclic) bond motifs is 1. The number of anilines is 2. The summed E-state index contributed by atoms with van der Waals surface area (Å²) in [5, 5.41) is 0. The van der Waals surface area contributed by atoms with E-state index in [1.807, 2.05) is 0 Å². The van der Waals surface area contributed by atoms with Crippen molar-refractivity contribution >= 4 is 21.7 Å². The topological polar surface area (TPSA) is 53.5 Å². The molecule has 1 unspecified atom stereocenters. The number of aromatic nitrogens is 1. The van der Waals surface area contributed by atoms with Crippen LogP contribution in [0.2, 0.25) is 0 Å². The van der Waals surface area contributed by atoms with Gasteiger partial charge in [-0.15, -0.1) is 0 Å². The maximum Gasteiger partial charge on any atom is 0.327 e. The van der Waals surface area contributed by atoms with Gasteiger partial charge in [-0.1, -0.05) is 0 Å². The molecule has 0 radical (unpaired) electrons. The molecule has 5 nitrogen and oxygen atoms in total. The van der Waals surface area contributed by atoms with Gasteiger partial charge in [0.2, 0.25) is 0 Å². The number of alkyl halides is 2. The molecule has 0 bridgehead atoms. The second kappa shape index (κ2) is 3.56. The third kappa shape index (κ3) is 1.77. The number of pyridine rings is 1. The van der Waals surface area contributed by atoms with Crippen LogP contribution in [0, 0.1) is 12.8 Å². The third-order valence-corrected chi connectivity index (χ3v) is 5.30. The molecule has 8 heteroatoms. The van der Waals surface area contributed by atoms with Gasteiger partial charge in [0.05, 0.1) is 5.69 Å². The van der Waals surface area contributed by atoms with Crippen molar-refractivity contribution in [2.75, 3.05) is 22.2 Å². The minimum Gasteiger partial charge on any atom is -0.249 e. The van der Waals surface area contributed by atoms with Crippen LogP contribution >= 0.6 is 0 Å². The van der Waals surface area contributed by atoms with Crippen LogP contribution in [-0.4, -0.2) is 32.9 Å². The van der Waals surface area contributed by atoms with E-state index >= 15 is 0 Å². The molecule has 1 aliphatic carbocycles. The largest absolute Gasteiger partial charge is 0.327 e. The van der Waals surface area contributed by atoms with Crippen LogP contribution in [0.5, 0.6) is 0 Å². The van der Waals surface area contributed by atoms with E-state index in [4.69, 9.17) is 0 Å². The fourth-order valence-electron chi connectivity index (χ4n) is 2.20. The zero-order valence-electron chi connectivity index (χ0n) is 10.5. The molecule has 1 fully saturated rings. The van der Waals surface area contributed by atoms with E-state index in [1.165, 1.54) is 7.05 Å². The Morgan fingerprint density at radius 1 is 1.47 bits per heavy atom. The first-order valence-corrected chi connectivity index (χ1v) is 7.25. The minimum absolute atomic E-state index is 0.197.